The Bertz CT molecular complexity index is 377. The zero-order chi connectivity index (χ0) is 11.0. The molecule has 1 saturated heterocycles. The van der Waals surface area contributed by atoms with Crippen molar-refractivity contribution in [2.75, 3.05) is 6.54 Å². The van der Waals surface area contributed by atoms with Crippen molar-refractivity contribution in [1.82, 2.24) is 5.32 Å². The van der Waals surface area contributed by atoms with Gasteiger partial charge in [0.15, 0.2) is 0 Å². The second-order valence-electron chi connectivity index (χ2n) is 5.54. The Hall–Kier alpha value is -0.820. The van der Waals surface area contributed by atoms with Gasteiger partial charge in [0.1, 0.15) is 0 Å². The van der Waals surface area contributed by atoms with E-state index in [2.05, 4.69) is 30.4 Å². The minimum absolute atomic E-state index is 0.620. The number of piperidine rings is 1. The average Bonchev–Trinajstić information content (AvgIpc) is 2.69. The van der Waals surface area contributed by atoms with Crippen LogP contribution < -0.4 is 5.32 Å². The molecule has 2 aliphatic rings. The van der Waals surface area contributed by atoms with Gasteiger partial charge in [-0.2, -0.15) is 0 Å². The second kappa shape index (κ2) is 4.21. The molecule has 1 nitrogen and oxygen atoms in total. The third-order valence-corrected chi connectivity index (χ3v) is 4.08. The van der Waals surface area contributed by atoms with Crippen molar-refractivity contribution >= 4 is 0 Å². The highest BCUT2D eigenvalue weighted by molar-refractivity contribution is 5.37. The fourth-order valence-electron chi connectivity index (χ4n) is 3.21. The van der Waals surface area contributed by atoms with Crippen LogP contribution in [0.1, 0.15) is 48.9 Å². The van der Waals surface area contributed by atoms with Crippen LogP contribution in [0.25, 0.3) is 0 Å². The van der Waals surface area contributed by atoms with Crippen LogP contribution in [0.3, 0.4) is 0 Å². The van der Waals surface area contributed by atoms with E-state index in [1.807, 2.05) is 0 Å². The summed E-state index contributed by atoms with van der Waals surface area (Å²) in [5.41, 5.74) is 4.72. The summed E-state index contributed by atoms with van der Waals surface area (Å²) in [7, 11) is 0. The lowest BCUT2D eigenvalue weighted by atomic mass is 9.95. The highest BCUT2D eigenvalue weighted by Gasteiger charge is 2.20. The van der Waals surface area contributed by atoms with E-state index in [4.69, 9.17) is 0 Å². The van der Waals surface area contributed by atoms with Crippen molar-refractivity contribution in [3.05, 3.63) is 34.9 Å². The van der Waals surface area contributed by atoms with E-state index in [9.17, 15) is 0 Å². The fraction of sp³-hybridized carbons (Fsp3) is 0.600. The van der Waals surface area contributed by atoms with Crippen LogP contribution in [-0.4, -0.2) is 6.54 Å². The minimum atomic E-state index is 0.620. The van der Waals surface area contributed by atoms with Crippen LogP contribution in [0, 0.1) is 5.92 Å². The van der Waals surface area contributed by atoms with Gasteiger partial charge in [-0.1, -0.05) is 31.5 Å². The van der Waals surface area contributed by atoms with Crippen LogP contribution in [0.4, 0.5) is 0 Å². The maximum atomic E-state index is 3.64. The van der Waals surface area contributed by atoms with E-state index >= 15 is 0 Å². The first-order valence-corrected chi connectivity index (χ1v) is 6.68. The number of fused-ring (bicyclic) bond motifs is 1. The van der Waals surface area contributed by atoms with E-state index in [-0.39, 0.29) is 0 Å². The lowest BCUT2D eigenvalue weighted by molar-refractivity contribution is 0.412. The molecule has 0 aromatic heterocycles. The van der Waals surface area contributed by atoms with Gasteiger partial charge in [0, 0.05) is 6.04 Å². The largest absolute Gasteiger partial charge is 0.310 e. The van der Waals surface area contributed by atoms with Crippen LogP contribution in [0.15, 0.2) is 18.2 Å². The number of hydrogen-bond acceptors (Lipinski definition) is 1. The molecule has 1 aromatic carbocycles. The van der Waals surface area contributed by atoms with Gasteiger partial charge in [0.25, 0.3) is 0 Å². The zero-order valence-corrected chi connectivity index (χ0v) is 10.1. The van der Waals surface area contributed by atoms with E-state index < -0.39 is 0 Å². The van der Waals surface area contributed by atoms with E-state index in [0.717, 1.165) is 5.92 Å². The predicted molar refractivity (Wildman–Crippen MR) is 67.6 cm³/mol. The molecule has 2 atom stereocenters. The van der Waals surface area contributed by atoms with Gasteiger partial charge >= 0.3 is 0 Å². The molecule has 3 rings (SSSR count). The molecule has 2 unspecified atom stereocenters. The maximum absolute atomic E-state index is 3.64. The number of hydrogen-bond donors (Lipinski definition) is 1. The standard InChI is InChI=1S/C15H21N/c1-11-8-12-5-6-13(10-14(12)9-11)15-4-2-3-7-16-15/h5-6,10-11,15-16H,2-4,7-9H2,1H3. The Balaban J connectivity index is 1.84. The van der Waals surface area contributed by atoms with Crippen molar-refractivity contribution in [2.24, 2.45) is 5.92 Å². The first-order chi connectivity index (χ1) is 7.83. The summed E-state index contributed by atoms with van der Waals surface area (Å²) >= 11 is 0. The van der Waals surface area contributed by atoms with Gasteiger partial charge < -0.3 is 5.32 Å². The predicted octanol–water partition coefficient (Wildman–Crippen LogP) is 3.24. The fourth-order valence-corrected chi connectivity index (χ4v) is 3.21. The minimum Gasteiger partial charge on any atom is -0.310 e. The summed E-state index contributed by atoms with van der Waals surface area (Å²) < 4.78 is 0. The Kier molecular flexibility index (Phi) is 2.72. The molecule has 1 aliphatic heterocycles. The lowest BCUT2D eigenvalue weighted by Gasteiger charge is -2.24. The Morgan fingerprint density at radius 2 is 2.00 bits per heavy atom. The first-order valence-electron chi connectivity index (χ1n) is 6.68. The van der Waals surface area contributed by atoms with Crippen molar-refractivity contribution in [3.8, 4) is 0 Å². The van der Waals surface area contributed by atoms with E-state index in [1.54, 1.807) is 11.1 Å². The first kappa shape index (κ1) is 10.3. The van der Waals surface area contributed by atoms with Crippen molar-refractivity contribution in [3.63, 3.8) is 0 Å². The SMILES string of the molecule is CC1Cc2ccc(C3CCCCN3)cc2C1. The van der Waals surface area contributed by atoms with Crippen LogP contribution in [0.2, 0.25) is 0 Å². The molecule has 0 spiro atoms. The lowest BCUT2D eigenvalue weighted by Crippen LogP contribution is -2.26. The van der Waals surface area contributed by atoms with E-state index in [1.165, 1.54) is 44.2 Å². The highest BCUT2D eigenvalue weighted by Crippen LogP contribution is 2.30. The van der Waals surface area contributed by atoms with Crippen LogP contribution in [-0.2, 0) is 12.8 Å². The summed E-state index contributed by atoms with van der Waals surface area (Å²) in [6.07, 6.45) is 6.61. The summed E-state index contributed by atoms with van der Waals surface area (Å²) in [6, 6.07) is 7.79. The van der Waals surface area contributed by atoms with Crippen molar-refractivity contribution < 1.29 is 0 Å². The average molecular weight is 215 g/mol. The molecule has 16 heavy (non-hydrogen) atoms. The zero-order valence-electron chi connectivity index (χ0n) is 10.1. The summed E-state index contributed by atoms with van der Waals surface area (Å²) in [4.78, 5) is 0. The monoisotopic (exact) mass is 215 g/mol. The van der Waals surface area contributed by atoms with Crippen LogP contribution >= 0.6 is 0 Å². The highest BCUT2D eigenvalue weighted by atomic mass is 14.9. The molecule has 1 aromatic rings. The molecule has 1 heteroatoms. The summed E-state index contributed by atoms with van der Waals surface area (Å²) in [5.74, 6) is 0.851. The number of benzene rings is 1. The Morgan fingerprint density at radius 3 is 2.81 bits per heavy atom. The van der Waals surface area contributed by atoms with Crippen molar-refractivity contribution in [2.45, 2.75) is 45.1 Å². The van der Waals surface area contributed by atoms with Crippen LogP contribution in [0.5, 0.6) is 0 Å². The molecule has 1 aliphatic carbocycles. The second-order valence-corrected chi connectivity index (χ2v) is 5.54. The van der Waals surface area contributed by atoms with Gasteiger partial charge in [-0.05, 0) is 54.8 Å². The quantitative estimate of drug-likeness (QED) is 0.758. The Labute approximate surface area is 98.3 Å². The number of rotatable bonds is 1. The molecule has 1 N–H and O–H groups in total. The summed E-state index contributed by atoms with van der Waals surface area (Å²) in [6.45, 7) is 3.55. The molecule has 0 saturated carbocycles. The van der Waals surface area contributed by atoms with Gasteiger partial charge in [-0.25, -0.2) is 0 Å². The van der Waals surface area contributed by atoms with Gasteiger partial charge in [0.2, 0.25) is 0 Å². The topological polar surface area (TPSA) is 12.0 Å². The molecule has 0 bridgehead atoms. The molecule has 0 amide bonds. The molecule has 1 heterocycles. The molecular formula is C15H21N. The van der Waals surface area contributed by atoms with Gasteiger partial charge in [0.05, 0.1) is 0 Å². The van der Waals surface area contributed by atoms with Crippen molar-refractivity contribution in [1.29, 1.82) is 0 Å². The third-order valence-electron chi connectivity index (χ3n) is 4.08. The van der Waals surface area contributed by atoms with Gasteiger partial charge in [-0.15, -0.1) is 0 Å². The maximum Gasteiger partial charge on any atom is 0.0320 e. The summed E-state index contributed by atoms with van der Waals surface area (Å²) in [5, 5.41) is 3.64. The molecule has 86 valence electrons. The normalized spacial score (nSPS) is 29.1. The molecular weight excluding hydrogens is 194 g/mol. The molecule has 1 fully saturated rings. The van der Waals surface area contributed by atoms with Gasteiger partial charge in [-0.3, -0.25) is 0 Å². The molecule has 0 radical (unpaired) electrons. The third kappa shape index (κ3) is 1.89. The Morgan fingerprint density at radius 1 is 1.12 bits per heavy atom. The smallest absolute Gasteiger partial charge is 0.0320 e. The van der Waals surface area contributed by atoms with E-state index in [0.29, 0.717) is 6.04 Å². The number of nitrogens with one attached hydrogen (secondary N) is 1.